The zero-order valence-electron chi connectivity index (χ0n) is 22.9. The van der Waals surface area contributed by atoms with Gasteiger partial charge in [0.2, 0.25) is 0 Å². The predicted molar refractivity (Wildman–Crippen MR) is 154 cm³/mol. The first-order chi connectivity index (χ1) is 19.4. The molecule has 1 heterocycles. The van der Waals surface area contributed by atoms with Crippen molar-refractivity contribution in [1.29, 1.82) is 0 Å². The number of imide groups is 1. The van der Waals surface area contributed by atoms with Gasteiger partial charge in [-0.1, -0.05) is 81.3 Å². The van der Waals surface area contributed by atoms with E-state index in [0.29, 0.717) is 46.2 Å². The minimum Gasteiger partial charge on any atom is -0.463 e. The van der Waals surface area contributed by atoms with Crippen LogP contribution in [0.25, 0.3) is 22.9 Å². The molecule has 1 aliphatic rings. The third-order valence-corrected chi connectivity index (χ3v) is 6.63. The van der Waals surface area contributed by atoms with Crippen LogP contribution in [-0.2, 0) is 25.6 Å². The van der Waals surface area contributed by atoms with Gasteiger partial charge in [0.25, 0.3) is 11.8 Å². The molecule has 0 saturated carbocycles. The first-order valence-electron chi connectivity index (χ1n) is 13.6. The highest BCUT2D eigenvalue weighted by molar-refractivity contribution is 6.28. The van der Waals surface area contributed by atoms with Crippen molar-refractivity contribution in [3.63, 3.8) is 0 Å². The van der Waals surface area contributed by atoms with Crippen LogP contribution in [0.2, 0.25) is 0 Å². The number of unbranched alkanes of at least 4 members (excludes halogenated alkanes) is 2. The minimum atomic E-state index is -0.500. The van der Waals surface area contributed by atoms with Gasteiger partial charge in [-0.3, -0.25) is 14.5 Å². The van der Waals surface area contributed by atoms with Crippen LogP contribution in [0.4, 0.5) is 0 Å². The third-order valence-electron chi connectivity index (χ3n) is 6.63. The predicted octanol–water partition coefficient (Wildman–Crippen LogP) is 6.35. The van der Waals surface area contributed by atoms with Crippen LogP contribution >= 0.6 is 0 Å². The Kier molecular flexibility index (Phi) is 9.62. The van der Waals surface area contributed by atoms with Gasteiger partial charge in [-0.25, -0.2) is 9.59 Å². The Balaban J connectivity index is 1.79. The van der Waals surface area contributed by atoms with E-state index in [9.17, 15) is 19.2 Å². The average Bonchev–Trinajstić information content (AvgIpc) is 2.96. The van der Waals surface area contributed by atoms with Crippen LogP contribution in [0.3, 0.4) is 0 Å². The Labute approximate surface area is 234 Å². The number of hydrogen-bond acceptors (Lipinski definition) is 6. The van der Waals surface area contributed by atoms with E-state index < -0.39 is 23.8 Å². The lowest BCUT2D eigenvalue weighted by Crippen LogP contribution is -2.40. The van der Waals surface area contributed by atoms with Crippen molar-refractivity contribution in [3.05, 3.63) is 94.6 Å². The van der Waals surface area contributed by atoms with E-state index in [0.717, 1.165) is 31.2 Å². The molecule has 0 saturated heterocycles. The van der Waals surface area contributed by atoms with Gasteiger partial charge in [-0.05, 0) is 47.1 Å². The fraction of sp³-hybridized carbons (Fsp3) is 0.273. The van der Waals surface area contributed by atoms with E-state index in [1.165, 1.54) is 17.1 Å². The van der Waals surface area contributed by atoms with Crippen LogP contribution < -0.4 is 0 Å². The lowest BCUT2D eigenvalue weighted by molar-refractivity contribution is -0.138. The molecule has 0 bridgehead atoms. The molecule has 3 aromatic carbocycles. The van der Waals surface area contributed by atoms with Crippen LogP contribution in [-0.4, -0.2) is 41.9 Å². The maximum atomic E-state index is 13.9. The molecule has 40 heavy (non-hydrogen) atoms. The number of nitrogens with zero attached hydrogens (tertiary/aromatic N) is 1. The lowest BCUT2D eigenvalue weighted by atomic mass is 9.87. The van der Waals surface area contributed by atoms with E-state index in [-0.39, 0.29) is 6.54 Å². The van der Waals surface area contributed by atoms with Gasteiger partial charge in [0.1, 0.15) is 0 Å². The summed E-state index contributed by atoms with van der Waals surface area (Å²) in [4.78, 5) is 53.5. The van der Waals surface area contributed by atoms with Crippen molar-refractivity contribution < 1.29 is 28.7 Å². The number of carbonyl (C=O) groups is 4. The van der Waals surface area contributed by atoms with Crippen molar-refractivity contribution in [2.75, 3.05) is 13.2 Å². The normalized spacial score (nSPS) is 13.0. The third kappa shape index (κ3) is 6.54. The van der Waals surface area contributed by atoms with Crippen LogP contribution in [0.15, 0.2) is 66.7 Å². The number of carbonyl (C=O) groups excluding carboxylic acids is 4. The molecular formula is C33H33NO6. The molecule has 7 heteroatoms. The number of amides is 2. The highest BCUT2D eigenvalue weighted by atomic mass is 16.5. The summed E-state index contributed by atoms with van der Waals surface area (Å²) in [6, 6.07) is 16.4. The van der Waals surface area contributed by atoms with E-state index in [2.05, 4.69) is 0 Å². The molecule has 4 rings (SSSR count). The maximum Gasteiger partial charge on any atom is 0.330 e. The van der Waals surface area contributed by atoms with E-state index >= 15 is 0 Å². The summed E-state index contributed by atoms with van der Waals surface area (Å²) in [6.45, 7) is 4.74. The molecule has 0 radical (unpaired) electrons. The van der Waals surface area contributed by atoms with Crippen molar-refractivity contribution in [3.8, 4) is 0 Å². The summed E-state index contributed by atoms with van der Waals surface area (Å²) in [5, 5.41) is 1.19. The first-order valence-corrected chi connectivity index (χ1v) is 13.6. The summed E-state index contributed by atoms with van der Waals surface area (Å²) in [5.74, 6) is -1.91. The second-order valence-corrected chi connectivity index (χ2v) is 9.55. The van der Waals surface area contributed by atoms with Gasteiger partial charge >= 0.3 is 11.9 Å². The Morgan fingerprint density at radius 1 is 0.725 bits per heavy atom. The standard InChI is InChI=1S/C33H33NO6/c1-3-5-20-39-27(35)18-16-25-14-12-24-13-15-26(17-19-28(36)40-21-6-4-2)31-29(24)30(25)32(37)34(33(31)38)22-23-10-8-7-9-11-23/h7-19H,3-6,20-22H2,1-2H3/b18-16+,19-17+. The second-order valence-electron chi connectivity index (χ2n) is 9.55. The number of esters is 2. The minimum absolute atomic E-state index is 0.0770. The quantitative estimate of drug-likeness (QED) is 0.115. The molecule has 1 aliphatic heterocycles. The Hall–Kier alpha value is -4.52. The SMILES string of the molecule is CCCCOC(=O)/C=C/c1ccc2ccc(/C=C/C(=O)OCCCC)c3c2c1C(=O)N(Cc1ccccc1)C3=O. The Bertz CT molecular complexity index is 1380. The van der Waals surface area contributed by atoms with Gasteiger partial charge in [-0.15, -0.1) is 0 Å². The van der Waals surface area contributed by atoms with Crippen LogP contribution in [0.1, 0.15) is 76.9 Å². The van der Waals surface area contributed by atoms with Gasteiger partial charge in [-0.2, -0.15) is 0 Å². The zero-order chi connectivity index (χ0) is 28.5. The molecular weight excluding hydrogens is 506 g/mol. The fourth-order valence-corrected chi connectivity index (χ4v) is 4.51. The molecule has 0 N–H and O–H groups in total. The topological polar surface area (TPSA) is 90.0 Å². The van der Waals surface area contributed by atoms with Crippen LogP contribution in [0.5, 0.6) is 0 Å². The fourth-order valence-electron chi connectivity index (χ4n) is 4.51. The monoisotopic (exact) mass is 539 g/mol. The van der Waals surface area contributed by atoms with Gasteiger partial charge in [0.05, 0.1) is 30.9 Å². The maximum absolute atomic E-state index is 13.9. The number of rotatable bonds is 12. The first kappa shape index (κ1) is 28.5. The van der Waals surface area contributed by atoms with E-state index in [1.54, 1.807) is 24.3 Å². The Morgan fingerprint density at radius 2 is 1.23 bits per heavy atom. The summed E-state index contributed by atoms with van der Waals surface area (Å²) in [6.07, 6.45) is 9.04. The second kappa shape index (κ2) is 13.5. The molecule has 3 aromatic rings. The number of ether oxygens (including phenoxy) is 2. The molecule has 0 fully saturated rings. The summed E-state index contributed by atoms with van der Waals surface area (Å²) < 4.78 is 10.5. The molecule has 0 unspecified atom stereocenters. The van der Waals surface area contributed by atoms with Gasteiger partial charge < -0.3 is 9.47 Å². The smallest absolute Gasteiger partial charge is 0.330 e. The lowest BCUT2D eigenvalue weighted by Gasteiger charge is -2.29. The summed E-state index contributed by atoms with van der Waals surface area (Å²) >= 11 is 0. The summed E-state index contributed by atoms with van der Waals surface area (Å²) in [7, 11) is 0. The molecule has 7 nitrogen and oxygen atoms in total. The summed E-state index contributed by atoms with van der Waals surface area (Å²) in [5.41, 5.74) is 2.43. The van der Waals surface area contributed by atoms with Crippen molar-refractivity contribution >= 4 is 46.7 Å². The largest absolute Gasteiger partial charge is 0.463 e. The molecule has 206 valence electrons. The van der Waals surface area contributed by atoms with Crippen molar-refractivity contribution in [1.82, 2.24) is 4.90 Å². The zero-order valence-corrected chi connectivity index (χ0v) is 22.9. The van der Waals surface area contributed by atoms with Crippen molar-refractivity contribution in [2.45, 2.75) is 46.1 Å². The number of hydrogen-bond donors (Lipinski definition) is 0. The van der Waals surface area contributed by atoms with E-state index in [1.807, 2.05) is 56.3 Å². The molecule has 0 aliphatic carbocycles. The molecule has 0 atom stereocenters. The van der Waals surface area contributed by atoms with E-state index in [4.69, 9.17) is 9.47 Å². The highest BCUT2D eigenvalue weighted by Gasteiger charge is 2.35. The molecule has 0 aromatic heterocycles. The molecule has 2 amide bonds. The number of benzene rings is 3. The van der Waals surface area contributed by atoms with Crippen LogP contribution in [0, 0.1) is 0 Å². The van der Waals surface area contributed by atoms with Crippen molar-refractivity contribution in [2.24, 2.45) is 0 Å². The highest BCUT2D eigenvalue weighted by Crippen LogP contribution is 2.36. The van der Waals surface area contributed by atoms with Gasteiger partial charge in [0.15, 0.2) is 0 Å². The molecule has 0 spiro atoms. The Morgan fingerprint density at radius 3 is 1.70 bits per heavy atom. The van der Waals surface area contributed by atoms with Gasteiger partial charge in [0, 0.05) is 17.5 Å². The average molecular weight is 540 g/mol.